The smallest absolute Gasteiger partial charge is 0.263 e. The number of pyridine rings is 1. The Bertz CT molecular complexity index is 724. The summed E-state index contributed by atoms with van der Waals surface area (Å²) in [5, 5.41) is 0.342. The van der Waals surface area contributed by atoms with E-state index in [0.29, 0.717) is 5.02 Å². The van der Waals surface area contributed by atoms with Crippen LogP contribution in [0, 0.1) is 5.82 Å². The first-order valence-corrected chi connectivity index (χ1v) is 7.63. The number of nitrogens with zero attached hydrogens (tertiary/aromatic N) is 1. The van der Waals surface area contributed by atoms with E-state index in [4.69, 9.17) is 11.6 Å². The van der Waals surface area contributed by atoms with Gasteiger partial charge in [-0.2, -0.15) is 0 Å². The Morgan fingerprint density at radius 2 is 2.00 bits per heavy atom. The fraction of sp³-hybridized carbons (Fsp3) is 0. The maximum atomic E-state index is 13.3. The lowest BCUT2D eigenvalue weighted by Crippen LogP contribution is -2.14. The molecule has 8 heteroatoms. The molecular weight excluding hydrogens is 359 g/mol. The Balaban J connectivity index is 2.35. The number of rotatable bonds is 3. The molecule has 0 aliphatic rings. The van der Waals surface area contributed by atoms with Crippen LogP contribution in [0.2, 0.25) is 5.02 Å². The van der Waals surface area contributed by atoms with Crippen molar-refractivity contribution in [3.05, 3.63) is 51.8 Å². The average Bonchev–Trinajstić information content (AvgIpc) is 2.32. The van der Waals surface area contributed by atoms with Gasteiger partial charge in [-0.05, 0) is 40.2 Å². The fourth-order valence-electron chi connectivity index (χ4n) is 1.30. The fourth-order valence-corrected chi connectivity index (χ4v) is 2.72. The molecule has 0 saturated carbocycles. The Kier molecular flexibility index (Phi) is 4.07. The summed E-state index contributed by atoms with van der Waals surface area (Å²) in [5.41, 5.74) is 0. The zero-order valence-electron chi connectivity index (χ0n) is 9.27. The Labute approximate surface area is 122 Å². The van der Waals surface area contributed by atoms with Gasteiger partial charge >= 0.3 is 0 Å². The van der Waals surface area contributed by atoms with Crippen molar-refractivity contribution in [1.29, 1.82) is 0 Å². The molecular formula is C11H7BrClFN2O2S. The van der Waals surface area contributed by atoms with E-state index < -0.39 is 15.8 Å². The third-order valence-corrected chi connectivity index (χ3v) is 4.39. The number of hydrogen-bond donors (Lipinski definition) is 1. The molecule has 1 N–H and O–H groups in total. The molecule has 0 amide bonds. The molecule has 2 aromatic rings. The van der Waals surface area contributed by atoms with Crippen LogP contribution in [0.5, 0.6) is 0 Å². The Morgan fingerprint density at radius 3 is 2.63 bits per heavy atom. The molecule has 0 spiro atoms. The van der Waals surface area contributed by atoms with E-state index in [1.807, 2.05) is 0 Å². The summed E-state index contributed by atoms with van der Waals surface area (Å²) in [6, 6.07) is 6.37. The third kappa shape index (κ3) is 3.43. The Morgan fingerprint density at radius 1 is 1.26 bits per heavy atom. The van der Waals surface area contributed by atoms with E-state index in [1.165, 1.54) is 30.5 Å². The molecule has 1 aromatic heterocycles. The topological polar surface area (TPSA) is 59.1 Å². The Hall–Kier alpha value is -1.18. The number of sulfonamides is 1. The molecule has 4 nitrogen and oxygen atoms in total. The van der Waals surface area contributed by atoms with Crippen molar-refractivity contribution in [3.63, 3.8) is 0 Å². The van der Waals surface area contributed by atoms with Gasteiger partial charge in [0.25, 0.3) is 10.0 Å². The standard InChI is InChI=1S/C11H7BrClFN2O2S/c12-9-2-1-8(6-10(9)14)19(17,18)16-11-5-7(13)3-4-15-11/h1-6H,(H,15,16). The number of aromatic nitrogens is 1. The molecule has 19 heavy (non-hydrogen) atoms. The molecule has 100 valence electrons. The first kappa shape index (κ1) is 14.2. The molecule has 2 rings (SSSR count). The van der Waals surface area contributed by atoms with E-state index in [2.05, 4.69) is 25.6 Å². The molecule has 0 radical (unpaired) electrons. The predicted molar refractivity (Wildman–Crippen MR) is 74.2 cm³/mol. The second kappa shape index (κ2) is 5.44. The maximum Gasteiger partial charge on any atom is 0.263 e. The van der Waals surface area contributed by atoms with Gasteiger partial charge in [0.1, 0.15) is 11.6 Å². The summed E-state index contributed by atoms with van der Waals surface area (Å²) in [6.45, 7) is 0. The molecule has 0 atom stereocenters. The minimum atomic E-state index is -3.90. The van der Waals surface area contributed by atoms with E-state index >= 15 is 0 Å². The quantitative estimate of drug-likeness (QED) is 0.906. The van der Waals surface area contributed by atoms with Gasteiger partial charge in [-0.25, -0.2) is 17.8 Å². The van der Waals surface area contributed by atoms with Crippen molar-refractivity contribution in [2.24, 2.45) is 0 Å². The van der Waals surface area contributed by atoms with Crippen molar-refractivity contribution >= 4 is 43.4 Å². The molecule has 0 aliphatic heterocycles. The number of anilines is 1. The van der Waals surface area contributed by atoms with E-state index in [-0.39, 0.29) is 15.2 Å². The van der Waals surface area contributed by atoms with Crippen LogP contribution in [0.25, 0.3) is 0 Å². The summed E-state index contributed by atoms with van der Waals surface area (Å²) >= 11 is 8.68. The second-order valence-electron chi connectivity index (χ2n) is 3.54. The lowest BCUT2D eigenvalue weighted by atomic mass is 10.3. The van der Waals surface area contributed by atoms with Gasteiger partial charge in [-0.1, -0.05) is 11.6 Å². The van der Waals surface area contributed by atoms with Crippen molar-refractivity contribution in [3.8, 4) is 0 Å². The predicted octanol–water partition coefficient (Wildman–Crippen LogP) is 3.44. The average molecular weight is 366 g/mol. The SMILES string of the molecule is O=S(=O)(Nc1cc(Cl)ccn1)c1ccc(Br)c(F)c1. The van der Waals surface area contributed by atoms with Gasteiger partial charge in [0, 0.05) is 17.3 Å². The van der Waals surface area contributed by atoms with Crippen LogP contribution in [0.15, 0.2) is 45.9 Å². The van der Waals surface area contributed by atoms with Crippen molar-refractivity contribution in [2.75, 3.05) is 4.72 Å². The van der Waals surface area contributed by atoms with Gasteiger partial charge in [0.15, 0.2) is 0 Å². The highest BCUT2D eigenvalue weighted by molar-refractivity contribution is 9.10. The van der Waals surface area contributed by atoms with E-state index in [9.17, 15) is 12.8 Å². The first-order chi connectivity index (χ1) is 8.88. The van der Waals surface area contributed by atoms with Gasteiger partial charge in [0.05, 0.1) is 9.37 Å². The van der Waals surface area contributed by atoms with Crippen LogP contribution in [-0.4, -0.2) is 13.4 Å². The van der Waals surface area contributed by atoms with Crippen LogP contribution in [-0.2, 0) is 10.0 Å². The molecule has 0 fully saturated rings. The minimum absolute atomic E-state index is 0.0656. The summed E-state index contributed by atoms with van der Waals surface area (Å²) in [5.74, 6) is -0.599. The molecule has 0 aliphatic carbocycles. The number of nitrogens with one attached hydrogen (secondary N) is 1. The van der Waals surface area contributed by atoms with Crippen LogP contribution in [0.1, 0.15) is 0 Å². The third-order valence-electron chi connectivity index (χ3n) is 2.16. The van der Waals surface area contributed by atoms with Gasteiger partial charge < -0.3 is 0 Å². The zero-order chi connectivity index (χ0) is 14.0. The van der Waals surface area contributed by atoms with Crippen LogP contribution >= 0.6 is 27.5 Å². The summed E-state index contributed by atoms with van der Waals surface area (Å²) < 4.78 is 39.7. The van der Waals surface area contributed by atoms with Gasteiger partial charge in [-0.15, -0.1) is 0 Å². The molecule has 0 unspecified atom stereocenters. The van der Waals surface area contributed by atoms with Crippen LogP contribution < -0.4 is 4.72 Å². The highest BCUT2D eigenvalue weighted by Gasteiger charge is 2.16. The molecule has 1 heterocycles. The van der Waals surface area contributed by atoms with Crippen LogP contribution in [0.4, 0.5) is 10.2 Å². The second-order valence-corrected chi connectivity index (χ2v) is 6.51. The van der Waals surface area contributed by atoms with E-state index in [1.54, 1.807) is 0 Å². The minimum Gasteiger partial charge on any atom is -0.263 e. The number of benzene rings is 1. The highest BCUT2D eigenvalue weighted by Crippen LogP contribution is 2.21. The van der Waals surface area contributed by atoms with Gasteiger partial charge in [0.2, 0.25) is 0 Å². The monoisotopic (exact) mass is 364 g/mol. The van der Waals surface area contributed by atoms with Gasteiger partial charge in [-0.3, -0.25) is 4.72 Å². The van der Waals surface area contributed by atoms with E-state index in [0.717, 1.165) is 6.07 Å². The molecule has 1 aromatic carbocycles. The number of halogens is 3. The first-order valence-electron chi connectivity index (χ1n) is 4.98. The van der Waals surface area contributed by atoms with Crippen LogP contribution in [0.3, 0.4) is 0 Å². The highest BCUT2D eigenvalue weighted by atomic mass is 79.9. The number of hydrogen-bond acceptors (Lipinski definition) is 3. The van der Waals surface area contributed by atoms with Crippen molar-refractivity contribution in [2.45, 2.75) is 4.90 Å². The summed E-state index contributed by atoms with van der Waals surface area (Å²) in [6.07, 6.45) is 1.36. The largest absolute Gasteiger partial charge is 0.263 e. The molecule has 0 saturated heterocycles. The zero-order valence-corrected chi connectivity index (χ0v) is 12.4. The normalized spacial score (nSPS) is 11.3. The van der Waals surface area contributed by atoms with Crippen molar-refractivity contribution in [1.82, 2.24) is 4.98 Å². The van der Waals surface area contributed by atoms with Crippen molar-refractivity contribution < 1.29 is 12.8 Å². The lowest BCUT2D eigenvalue weighted by Gasteiger charge is -2.07. The summed E-state index contributed by atoms with van der Waals surface area (Å²) in [4.78, 5) is 3.61. The lowest BCUT2D eigenvalue weighted by molar-refractivity contribution is 0.593. The molecule has 0 bridgehead atoms. The maximum absolute atomic E-state index is 13.3. The summed E-state index contributed by atoms with van der Waals surface area (Å²) in [7, 11) is -3.90.